The van der Waals surface area contributed by atoms with Gasteiger partial charge in [-0.1, -0.05) is 69.9 Å². The first-order valence-electron chi connectivity index (χ1n) is 16.4. The summed E-state index contributed by atoms with van der Waals surface area (Å²) < 4.78 is 0. The van der Waals surface area contributed by atoms with Gasteiger partial charge in [0.05, 0.1) is 16.9 Å². The fourth-order valence-electron chi connectivity index (χ4n) is 5.47. The van der Waals surface area contributed by atoms with E-state index in [1.54, 1.807) is 48.6 Å². The summed E-state index contributed by atoms with van der Waals surface area (Å²) in [6, 6.07) is 30.0. The first-order valence-corrected chi connectivity index (χ1v) is 19.5. The fraction of sp³-hybridized carbons (Fsp3) is 0. The summed E-state index contributed by atoms with van der Waals surface area (Å²) in [5, 5.41) is 4.56. The number of H-pyrrole nitrogens is 3. The molecule has 9 nitrogen and oxygen atoms in total. The highest BCUT2D eigenvalue weighted by Gasteiger charge is 2.14. The van der Waals surface area contributed by atoms with Gasteiger partial charge in [0, 0.05) is 86.4 Å². The predicted octanol–water partition coefficient (Wildman–Crippen LogP) is 12.2. The molecule has 0 bridgehead atoms. The Balaban J connectivity index is 0.000000141. The molecule has 0 fully saturated rings. The molecule has 0 aliphatic carbocycles. The van der Waals surface area contributed by atoms with Crippen LogP contribution in [0, 0.1) is 0 Å². The van der Waals surface area contributed by atoms with Crippen molar-refractivity contribution < 1.29 is 4.79 Å². The number of nitrogens with two attached hydrogens (primary N) is 2. The summed E-state index contributed by atoms with van der Waals surface area (Å²) in [7, 11) is 0. The summed E-state index contributed by atoms with van der Waals surface area (Å²) >= 11 is 27.2. The Hall–Kier alpha value is -5.14. The van der Waals surface area contributed by atoms with Crippen molar-refractivity contribution in [2.45, 2.75) is 19.6 Å². The standard InChI is InChI=1S/C20H12Cl2N4S.C12H10Cl2N2S.C8H6N2O/c21-11-1-3-13(4-2-11)27-17-10-12(22)9-16-18(17)26-20(25-16)15-6-8-24-19-14(15)5-7-23-19;13-7-1-3-9(4-2-7)17-11-6-8(14)5-10(15)12(11)16;11-5-6-1-3-9-8-7(6)2-4-10-8/h1-10H,(H,23,24)(H,25,26);1-6H,15-16H2;1-5H,(H,9,10). The van der Waals surface area contributed by atoms with Gasteiger partial charge >= 0.3 is 0 Å². The number of benzene rings is 4. The molecule has 0 saturated carbocycles. The Bertz CT molecular complexity index is 2770. The van der Waals surface area contributed by atoms with Gasteiger partial charge in [-0.3, -0.25) is 4.79 Å². The summed E-state index contributed by atoms with van der Waals surface area (Å²) in [5.41, 5.74) is 17.7. The first kappa shape index (κ1) is 38.1. The molecule has 5 heterocycles. The number of hydrogen-bond donors (Lipinski definition) is 5. The molecular formula is C40H28Cl4N8OS2. The number of halogens is 4. The molecule has 0 unspecified atom stereocenters. The van der Waals surface area contributed by atoms with Crippen molar-refractivity contribution in [3.63, 3.8) is 0 Å². The quantitative estimate of drug-likeness (QED) is 0.0818. The van der Waals surface area contributed by atoms with Crippen molar-refractivity contribution in [3.8, 4) is 11.4 Å². The van der Waals surface area contributed by atoms with E-state index in [1.807, 2.05) is 85.1 Å². The van der Waals surface area contributed by atoms with Gasteiger partial charge in [-0.15, -0.1) is 0 Å². The molecule has 55 heavy (non-hydrogen) atoms. The number of nitrogens with zero attached hydrogens (tertiary/aromatic N) is 3. The number of anilines is 2. The van der Waals surface area contributed by atoms with Crippen LogP contribution >= 0.6 is 69.9 Å². The highest BCUT2D eigenvalue weighted by Crippen LogP contribution is 2.39. The van der Waals surface area contributed by atoms with Crippen molar-refractivity contribution in [1.29, 1.82) is 0 Å². The third-order valence-electron chi connectivity index (χ3n) is 8.07. The van der Waals surface area contributed by atoms with Crippen LogP contribution < -0.4 is 11.5 Å². The predicted molar refractivity (Wildman–Crippen MR) is 229 cm³/mol. The number of nitrogens with one attached hydrogen (secondary N) is 3. The van der Waals surface area contributed by atoms with E-state index in [1.165, 1.54) is 11.8 Å². The summed E-state index contributed by atoms with van der Waals surface area (Å²) in [5.74, 6) is 0.789. The molecule has 5 aromatic heterocycles. The van der Waals surface area contributed by atoms with Gasteiger partial charge in [-0.25, -0.2) is 15.0 Å². The highest BCUT2D eigenvalue weighted by molar-refractivity contribution is 7.99. The number of nitrogen functional groups attached to an aromatic ring is 2. The second-order valence-electron chi connectivity index (χ2n) is 11.8. The van der Waals surface area contributed by atoms with E-state index in [2.05, 4.69) is 24.9 Å². The average Bonchev–Trinajstić information content (AvgIpc) is 3.96. The van der Waals surface area contributed by atoms with Crippen molar-refractivity contribution in [1.82, 2.24) is 29.9 Å². The zero-order chi connectivity index (χ0) is 38.5. The zero-order valence-corrected chi connectivity index (χ0v) is 33.0. The third-order valence-corrected chi connectivity index (χ3v) is 11.1. The van der Waals surface area contributed by atoms with Crippen LogP contribution in [-0.2, 0) is 0 Å². The van der Waals surface area contributed by atoms with Crippen LogP contribution in [0.2, 0.25) is 20.1 Å². The lowest BCUT2D eigenvalue weighted by Crippen LogP contribution is -1.96. The van der Waals surface area contributed by atoms with E-state index in [4.69, 9.17) is 62.9 Å². The summed E-state index contributed by atoms with van der Waals surface area (Å²) in [6.45, 7) is 0. The van der Waals surface area contributed by atoms with Gasteiger partial charge < -0.3 is 26.4 Å². The molecule has 0 radical (unpaired) electrons. The lowest BCUT2D eigenvalue weighted by atomic mass is 10.2. The fourth-order valence-corrected chi connectivity index (χ4v) is 8.20. The summed E-state index contributed by atoms with van der Waals surface area (Å²) in [4.78, 5) is 37.1. The normalized spacial score (nSPS) is 10.9. The highest BCUT2D eigenvalue weighted by atomic mass is 35.5. The maximum absolute atomic E-state index is 10.5. The second kappa shape index (κ2) is 17.1. The molecule has 0 saturated heterocycles. The van der Waals surface area contributed by atoms with Crippen LogP contribution in [-0.4, -0.2) is 36.2 Å². The Morgan fingerprint density at radius 2 is 1.18 bits per heavy atom. The van der Waals surface area contributed by atoms with Crippen LogP contribution in [0.3, 0.4) is 0 Å². The monoisotopic (exact) mass is 840 g/mol. The van der Waals surface area contributed by atoms with Gasteiger partial charge in [0.2, 0.25) is 0 Å². The number of aromatic amines is 3. The minimum Gasteiger partial charge on any atom is -0.397 e. The molecule has 9 rings (SSSR count). The molecule has 0 aliphatic rings. The number of rotatable bonds is 6. The van der Waals surface area contributed by atoms with Crippen LogP contribution in [0.4, 0.5) is 11.4 Å². The zero-order valence-electron chi connectivity index (χ0n) is 28.4. The van der Waals surface area contributed by atoms with Gasteiger partial charge in [-0.2, -0.15) is 0 Å². The molecule has 15 heteroatoms. The SMILES string of the molecule is Clc1ccc(Sc2cc(Cl)cc3[nH]c(-c4ccnc5[nH]ccc45)nc23)cc1.Nc1cc(Cl)cc(Sc2ccc(Cl)cc2)c1N.O=Cc1ccnc2[nH]ccc12. The van der Waals surface area contributed by atoms with E-state index >= 15 is 0 Å². The number of imidazole rings is 1. The maximum atomic E-state index is 10.5. The van der Waals surface area contributed by atoms with Crippen LogP contribution in [0.5, 0.6) is 0 Å². The minimum absolute atomic E-state index is 0.494. The Kier molecular flexibility index (Phi) is 11.9. The van der Waals surface area contributed by atoms with Crippen molar-refractivity contribution in [2.75, 3.05) is 11.5 Å². The lowest BCUT2D eigenvalue weighted by molar-refractivity contribution is 0.112. The van der Waals surface area contributed by atoms with Gasteiger partial charge in [0.25, 0.3) is 0 Å². The molecule has 274 valence electrons. The number of aromatic nitrogens is 6. The van der Waals surface area contributed by atoms with Crippen LogP contribution in [0.1, 0.15) is 10.4 Å². The van der Waals surface area contributed by atoms with Crippen molar-refractivity contribution in [3.05, 3.63) is 148 Å². The first-order chi connectivity index (χ1) is 26.6. The van der Waals surface area contributed by atoms with Gasteiger partial charge in [-0.05, 0) is 97.1 Å². The van der Waals surface area contributed by atoms with E-state index < -0.39 is 0 Å². The number of pyridine rings is 2. The molecule has 7 N–H and O–H groups in total. The Morgan fingerprint density at radius 3 is 1.84 bits per heavy atom. The van der Waals surface area contributed by atoms with E-state index in [9.17, 15) is 4.79 Å². The molecule has 0 amide bonds. The molecule has 0 aliphatic heterocycles. The third kappa shape index (κ3) is 9.05. The minimum atomic E-state index is 0.494. The van der Waals surface area contributed by atoms with E-state index in [-0.39, 0.29) is 0 Å². The lowest BCUT2D eigenvalue weighted by Gasteiger charge is -2.08. The average molecular weight is 843 g/mol. The number of carbonyl (C=O) groups is 1. The van der Waals surface area contributed by atoms with Crippen LogP contribution in [0.15, 0.2) is 141 Å². The molecule has 9 aromatic rings. The molecule has 0 spiro atoms. The maximum Gasteiger partial charge on any atom is 0.150 e. The van der Waals surface area contributed by atoms with Gasteiger partial charge in [0.1, 0.15) is 22.6 Å². The number of fused-ring (bicyclic) bond motifs is 3. The largest absolute Gasteiger partial charge is 0.397 e. The van der Waals surface area contributed by atoms with Crippen molar-refractivity contribution in [2.24, 2.45) is 0 Å². The van der Waals surface area contributed by atoms with Crippen molar-refractivity contribution >= 4 is 121 Å². The van der Waals surface area contributed by atoms with Crippen LogP contribution in [0.25, 0.3) is 44.5 Å². The number of carbonyl (C=O) groups excluding carboxylic acids is 1. The Labute approximate surface area is 343 Å². The van der Waals surface area contributed by atoms with E-state index in [0.29, 0.717) is 37.0 Å². The number of hydrogen-bond acceptors (Lipinski definition) is 8. The molecule has 4 aromatic carbocycles. The molecular weight excluding hydrogens is 814 g/mol. The molecule has 0 atom stereocenters. The second-order valence-corrected chi connectivity index (χ2v) is 15.7. The topological polar surface area (TPSA) is 155 Å². The van der Waals surface area contributed by atoms with E-state index in [0.717, 1.165) is 70.4 Å². The summed E-state index contributed by atoms with van der Waals surface area (Å²) in [6.07, 6.45) is 7.87. The number of aldehydes is 1. The smallest absolute Gasteiger partial charge is 0.150 e. The Morgan fingerprint density at radius 1 is 0.618 bits per heavy atom. The van der Waals surface area contributed by atoms with Gasteiger partial charge in [0.15, 0.2) is 6.29 Å².